The van der Waals surface area contributed by atoms with Gasteiger partial charge in [-0.05, 0) is 37.3 Å². The van der Waals surface area contributed by atoms with E-state index in [1.807, 2.05) is 0 Å². The lowest BCUT2D eigenvalue weighted by atomic mass is 10.1. The number of hydrogen-bond acceptors (Lipinski definition) is 5. The van der Waals surface area contributed by atoms with Crippen LogP contribution in [0.2, 0.25) is 0 Å². The van der Waals surface area contributed by atoms with E-state index >= 15 is 0 Å². The number of ether oxygens (including phenoxy) is 1. The molecule has 0 atom stereocenters. The van der Waals surface area contributed by atoms with Crippen LogP contribution in [0.25, 0.3) is 0 Å². The molecule has 0 heterocycles. The van der Waals surface area contributed by atoms with Crippen LogP contribution in [0.5, 0.6) is 5.75 Å². The Morgan fingerprint density at radius 1 is 1.13 bits per heavy atom. The highest BCUT2D eigenvalue weighted by molar-refractivity contribution is 6.05. The monoisotopic (exact) mass is 314 g/mol. The topological polar surface area (TPSA) is 98.5 Å². The number of amides is 1. The van der Waals surface area contributed by atoms with E-state index < -0.39 is 16.8 Å². The van der Waals surface area contributed by atoms with E-state index in [4.69, 9.17) is 4.74 Å². The Labute approximate surface area is 132 Å². The highest BCUT2D eigenvalue weighted by atomic mass is 16.6. The summed E-state index contributed by atoms with van der Waals surface area (Å²) < 4.78 is 4.88. The minimum absolute atomic E-state index is 0.0620. The van der Waals surface area contributed by atoms with Gasteiger partial charge in [-0.1, -0.05) is 6.07 Å². The predicted octanol–water partition coefficient (Wildman–Crippen LogP) is 3.08. The second-order valence-corrected chi connectivity index (χ2v) is 4.78. The van der Waals surface area contributed by atoms with Gasteiger partial charge in [-0.2, -0.15) is 0 Å². The molecule has 0 aliphatic heterocycles. The quantitative estimate of drug-likeness (QED) is 0.404. The van der Waals surface area contributed by atoms with Crippen LogP contribution < -0.4 is 10.1 Å². The Morgan fingerprint density at radius 3 is 2.35 bits per heavy atom. The van der Waals surface area contributed by atoms with Gasteiger partial charge in [-0.3, -0.25) is 19.7 Å². The standard InChI is InChI=1S/C16H14N2O5/c1-10-14(4-3-5-15(10)18(21)22)17-16(20)12-6-8-13(9-7-12)23-11(2)19/h3-9H,1-2H3,(H,17,20). The van der Waals surface area contributed by atoms with E-state index in [0.29, 0.717) is 22.6 Å². The van der Waals surface area contributed by atoms with Crippen molar-refractivity contribution in [2.24, 2.45) is 0 Å². The number of benzene rings is 2. The molecule has 2 aromatic rings. The summed E-state index contributed by atoms with van der Waals surface area (Å²) >= 11 is 0. The number of nitro groups is 1. The number of carbonyl (C=O) groups excluding carboxylic acids is 2. The van der Waals surface area contributed by atoms with Crippen LogP contribution in [0, 0.1) is 17.0 Å². The molecule has 0 aliphatic rings. The van der Waals surface area contributed by atoms with Crippen LogP contribution in [0.1, 0.15) is 22.8 Å². The molecule has 0 radical (unpaired) electrons. The highest BCUT2D eigenvalue weighted by Gasteiger charge is 2.15. The molecule has 0 aromatic heterocycles. The molecule has 2 rings (SSSR count). The zero-order valence-corrected chi connectivity index (χ0v) is 12.5. The lowest BCUT2D eigenvalue weighted by Crippen LogP contribution is -2.13. The maximum Gasteiger partial charge on any atom is 0.308 e. The third-order valence-corrected chi connectivity index (χ3v) is 3.13. The third kappa shape index (κ3) is 3.91. The molecule has 7 heteroatoms. The van der Waals surface area contributed by atoms with Crippen molar-refractivity contribution >= 4 is 23.3 Å². The SMILES string of the molecule is CC(=O)Oc1ccc(C(=O)Nc2cccc([N+](=O)[O-])c2C)cc1. The molecule has 0 spiro atoms. The van der Waals surface area contributed by atoms with Crippen molar-refractivity contribution < 1.29 is 19.2 Å². The van der Waals surface area contributed by atoms with Crippen molar-refractivity contribution in [3.8, 4) is 5.75 Å². The average Bonchev–Trinajstić information content (AvgIpc) is 2.49. The maximum absolute atomic E-state index is 12.2. The van der Waals surface area contributed by atoms with E-state index in [2.05, 4.69) is 5.32 Å². The first kappa shape index (κ1) is 16.2. The number of rotatable bonds is 4. The summed E-state index contributed by atoms with van der Waals surface area (Å²) in [5, 5.41) is 13.5. The van der Waals surface area contributed by atoms with Gasteiger partial charge in [0.15, 0.2) is 0 Å². The zero-order valence-electron chi connectivity index (χ0n) is 12.5. The van der Waals surface area contributed by atoms with E-state index in [9.17, 15) is 19.7 Å². The first-order chi connectivity index (χ1) is 10.9. The Bertz CT molecular complexity index is 769. The normalized spacial score (nSPS) is 10.0. The zero-order chi connectivity index (χ0) is 17.0. The van der Waals surface area contributed by atoms with Gasteiger partial charge in [-0.15, -0.1) is 0 Å². The largest absolute Gasteiger partial charge is 0.427 e. The van der Waals surface area contributed by atoms with Crippen molar-refractivity contribution in [1.29, 1.82) is 0 Å². The van der Waals surface area contributed by atoms with E-state index in [1.165, 1.54) is 43.3 Å². The highest BCUT2D eigenvalue weighted by Crippen LogP contribution is 2.25. The van der Waals surface area contributed by atoms with E-state index in [-0.39, 0.29) is 5.69 Å². The number of nitro benzene ring substituents is 1. The maximum atomic E-state index is 12.2. The fourth-order valence-electron chi connectivity index (χ4n) is 1.99. The molecule has 23 heavy (non-hydrogen) atoms. The summed E-state index contributed by atoms with van der Waals surface area (Å²) in [5.41, 5.74) is 1.02. The van der Waals surface area contributed by atoms with Gasteiger partial charge >= 0.3 is 5.97 Å². The molecular weight excluding hydrogens is 300 g/mol. The lowest BCUT2D eigenvalue weighted by molar-refractivity contribution is -0.385. The third-order valence-electron chi connectivity index (χ3n) is 3.13. The minimum atomic E-state index is -0.501. The van der Waals surface area contributed by atoms with E-state index in [0.717, 1.165) is 0 Å². The van der Waals surface area contributed by atoms with Gasteiger partial charge in [0.05, 0.1) is 16.2 Å². The summed E-state index contributed by atoms with van der Waals surface area (Å²) in [4.78, 5) is 33.4. The van der Waals surface area contributed by atoms with Crippen molar-refractivity contribution in [2.75, 3.05) is 5.32 Å². The van der Waals surface area contributed by atoms with Gasteiger partial charge in [0.2, 0.25) is 0 Å². The molecule has 0 unspecified atom stereocenters. The first-order valence-electron chi connectivity index (χ1n) is 6.72. The molecule has 2 aromatic carbocycles. The van der Waals surface area contributed by atoms with Gasteiger partial charge in [0, 0.05) is 18.6 Å². The van der Waals surface area contributed by atoms with E-state index in [1.54, 1.807) is 13.0 Å². The average molecular weight is 314 g/mol. The van der Waals surface area contributed by atoms with Crippen LogP contribution in [0.4, 0.5) is 11.4 Å². The molecule has 1 amide bonds. The summed E-state index contributed by atoms with van der Waals surface area (Å²) in [7, 11) is 0. The van der Waals surface area contributed by atoms with Gasteiger partial charge in [-0.25, -0.2) is 0 Å². The predicted molar refractivity (Wildman–Crippen MR) is 83.5 cm³/mol. The Hall–Kier alpha value is -3.22. The van der Waals surface area contributed by atoms with Crippen LogP contribution in [-0.4, -0.2) is 16.8 Å². The molecule has 0 fully saturated rings. The van der Waals surface area contributed by atoms with Crippen LogP contribution in [-0.2, 0) is 4.79 Å². The van der Waals surface area contributed by atoms with Crippen molar-refractivity contribution in [3.63, 3.8) is 0 Å². The van der Waals surface area contributed by atoms with Crippen molar-refractivity contribution in [1.82, 2.24) is 0 Å². The molecule has 0 saturated heterocycles. The number of carbonyl (C=O) groups is 2. The van der Waals surface area contributed by atoms with Crippen molar-refractivity contribution in [2.45, 2.75) is 13.8 Å². The lowest BCUT2D eigenvalue weighted by Gasteiger charge is -2.09. The summed E-state index contributed by atoms with van der Waals surface area (Å²) in [6, 6.07) is 10.5. The number of esters is 1. The fraction of sp³-hybridized carbons (Fsp3) is 0.125. The van der Waals surface area contributed by atoms with Gasteiger partial charge in [0.1, 0.15) is 5.75 Å². The van der Waals surface area contributed by atoms with Gasteiger partial charge in [0.25, 0.3) is 11.6 Å². The molecule has 118 valence electrons. The Balaban J connectivity index is 2.18. The first-order valence-corrected chi connectivity index (χ1v) is 6.72. The molecule has 0 saturated carbocycles. The fourth-order valence-corrected chi connectivity index (χ4v) is 1.99. The number of hydrogen-bond donors (Lipinski definition) is 1. The molecular formula is C16H14N2O5. The second kappa shape index (κ2) is 6.69. The second-order valence-electron chi connectivity index (χ2n) is 4.78. The molecule has 1 N–H and O–H groups in total. The number of nitrogens with one attached hydrogen (secondary N) is 1. The molecule has 7 nitrogen and oxygen atoms in total. The smallest absolute Gasteiger partial charge is 0.308 e. The number of nitrogens with zero attached hydrogens (tertiary/aromatic N) is 1. The molecule has 0 bridgehead atoms. The minimum Gasteiger partial charge on any atom is -0.427 e. The molecule has 0 aliphatic carbocycles. The Morgan fingerprint density at radius 2 is 1.78 bits per heavy atom. The summed E-state index contributed by atoms with van der Waals surface area (Å²) in [6.07, 6.45) is 0. The Kier molecular flexibility index (Phi) is 4.70. The summed E-state index contributed by atoms with van der Waals surface area (Å²) in [6.45, 7) is 2.85. The van der Waals surface area contributed by atoms with Gasteiger partial charge < -0.3 is 10.1 Å². The summed E-state index contributed by atoms with van der Waals surface area (Å²) in [5.74, 6) is -0.530. The van der Waals surface area contributed by atoms with Crippen LogP contribution in [0.15, 0.2) is 42.5 Å². The van der Waals surface area contributed by atoms with Crippen LogP contribution >= 0.6 is 0 Å². The van der Waals surface area contributed by atoms with Crippen LogP contribution in [0.3, 0.4) is 0 Å². The number of anilines is 1. The van der Waals surface area contributed by atoms with Crippen molar-refractivity contribution in [3.05, 3.63) is 63.7 Å².